The third-order valence-corrected chi connectivity index (χ3v) is 7.01. The van der Waals surface area contributed by atoms with Crippen molar-refractivity contribution in [2.75, 3.05) is 23.3 Å². The maximum Gasteiger partial charge on any atom is 0.273 e. The van der Waals surface area contributed by atoms with E-state index in [1.54, 1.807) is 4.57 Å². The maximum atomic E-state index is 13.4. The Bertz CT molecular complexity index is 1330. The average molecular weight is 459 g/mol. The molecule has 3 heterocycles. The van der Waals surface area contributed by atoms with Gasteiger partial charge in [0.15, 0.2) is 0 Å². The van der Waals surface area contributed by atoms with Gasteiger partial charge in [-0.15, -0.1) is 11.3 Å². The fourth-order valence-corrected chi connectivity index (χ4v) is 5.11. The zero-order valence-electron chi connectivity index (χ0n) is 18.5. The van der Waals surface area contributed by atoms with E-state index in [9.17, 15) is 9.59 Å². The second-order valence-corrected chi connectivity index (χ2v) is 9.48. The normalized spacial score (nSPS) is 16.2. The number of carbonyl (C=O) groups is 1. The minimum absolute atomic E-state index is 0.00921. The number of piperidine rings is 1. The minimum Gasteiger partial charge on any atom is -0.341 e. The van der Waals surface area contributed by atoms with Gasteiger partial charge in [-0.2, -0.15) is 0 Å². The van der Waals surface area contributed by atoms with E-state index in [1.165, 1.54) is 16.9 Å². The topological polar surface area (TPSA) is 67.2 Å². The van der Waals surface area contributed by atoms with Crippen LogP contribution in [-0.2, 0) is 11.3 Å². The Labute approximate surface area is 196 Å². The van der Waals surface area contributed by atoms with Crippen molar-refractivity contribution in [2.45, 2.75) is 26.3 Å². The molecule has 33 heavy (non-hydrogen) atoms. The zero-order chi connectivity index (χ0) is 22.8. The molecule has 0 saturated carbocycles. The predicted octanol–water partition coefficient (Wildman–Crippen LogP) is 4.67. The summed E-state index contributed by atoms with van der Waals surface area (Å²) < 4.78 is 2.43. The summed E-state index contributed by atoms with van der Waals surface area (Å²) in [5.74, 6) is 0.487. The molecular weight excluding hydrogens is 432 g/mol. The highest BCUT2D eigenvalue weighted by Crippen LogP contribution is 2.26. The number of amides is 1. The van der Waals surface area contributed by atoms with E-state index in [2.05, 4.69) is 41.4 Å². The molecule has 1 saturated heterocycles. The Hall–Kier alpha value is -3.45. The van der Waals surface area contributed by atoms with Gasteiger partial charge in [0.1, 0.15) is 4.70 Å². The lowest BCUT2D eigenvalue weighted by molar-refractivity contribution is -0.120. The standard InChI is InChI=1S/C26H26N4O2S/c1-18-9-11-19(12-10-18)16-30-25(32)23-22(13-15-33-23)28-26(30)29-14-5-6-20(17-29)24(31)27-21-7-3-2-4-8-21/h2-4,7-13,15,20H,5-6,14,16-17H2,1H3,(H,27,31)/t20-/m1/s1. The van der Waals surface area contributed by atoms with Gasteiger partial charge >= 0.3 is 0 Å². The summed E-state index contributed by atoms with van der Waals surface area (Å²) in [7, 11) is 0. The summed E-state index contributed by atoms with van der Waals surface area (Å²) in [4.78, 5) is 33.4. The number of nitrogens with one attached hydrogen (secondary N) is 1. The van der Waals surface area contributed by atoms with Crippen LogP contribution in [0.15, 0.2) is 70.8 Å². The summed E-state index contributed by atoms with van der Waals surface area (Å²) in [6.45, 7) is 3.81. The van der Waals surface area contributed by atoms with Gasteiger partial charge in [-0.1, -0.05) is 48.0 Å². The summed E-state index contributed by atoms with van der Waals surface area (Å²) in [5.41, 5.74) is 3.73. The maximum absolute atomic E-state index is 13.4. The number of benzene rings is 2. The molecule has 5 rings (SSSR count). The van der Waals surface area contributed by atoms with Crippen molar-refractivity contribution < 1.29 is 4.79 Å². The summed E-state index contributed by atoms with van der Waals surface area (Å²) in [6.07, 6.45) is 1.69. The molecule has 0 unspecified atom stereocenters. The van der Waals surface area contributed by atoms with Gasteiger partial charge < -0.3 is 10.2 Å². The number of carbonyl (C=O) groups excluding carboxylic acids is 1. The fourth-order valence-electron chi connectivity index (χ4n) is 4.33. The van der Waals surface area contributed by atoms with E-state index in [0.717, 1.165) is 36.2 Å². The third kappa shape index (κ3) is 4.54. The van der Waals surface area contributed by atoms with E-state index in [1.807, 2.05) is 41.8 Å². The monoisotopic (exact) mass is 458 g/mol. The molecule has 0 aliphatic carbocycles. The molecule has 1 N–H and O–H groups in total. The molecule has 2 aromatic heterocycles. The van der Waals surface area contributed by atoms with E-state index in [-0.39, 0.29) is 17.4 Å². The smallest absolute Gasteiger partial charge is 0.273 e. The fraction of sp³-hybridized carbons (Fsp3) is 0.269. The van der Waals surface area contributed by atoms with Crippen LogP contribution in [0.1, 0.15) is 24.0 Å². The Morgan fingerprint density at radius 1 is 1.12 bits per heavy atom. The predicted molar refractivity (Wildman–Crippen MR) is 134 cm³/mol. The largest absolute Gasteiger partial charge is 0.341 e. The molecule has 2 aromatic carbocycles. The Morgan fingerprint density at radius 2 is 1.91 bits per heavy atom. The van der Waals surface area contributed by atoms with E-state index >= 15 is 0 Å². The van der Waals surface area contributed by atoms with Crippen molar-refractivity contribution in [3.8, 4) is 0 Å². The van der Waals surface area contributed by atoms with Crippen molar-refractivity contribution in [1.82, 2.24) is 9.55 Å². The van der Waals surface area contributed by atoms with Gasteiger partial charge in [-0.25, -0.2) is 4.98 Å². The van der Waals surface area contributed by atoms with Crippen LogP contribution in [-0.4, -0.2) is 28.5 Å². The number of hydrogen-bond acceptors (Lipinski definition) is 5. The van der Waals surface area contributed by atoms with E-state index < -0.39 is 0 Å². The van der Waals surface area contributed by atoms with Crippen LogP contribution < -0.4 is 15.8 Å². The number of para-hydroxylation sites is 1. The highest BCUT2D eigenvalue weighted by Gasteiger charge is 2.29. The Kier molecular flexibility index (Phi) is 5.96. The minimum atomic E-state index is -0.165. The molecule has 168 valence electrons. The van der Waals surface area contributed by atoms with Crippen molar-refractivity contribution in [2.24, 2.45) is 5.92 Å². The first-order valence-electron chi connectivity index (χ1n) is 11.2. The summed E-state index contributed by atoms with van der Waals surface area (Å²) in [5, 5.41) is 4.94. The number of anilines is 2. The number of aryl methyl sites for hydroxylation is 1. The average Bonchev–Trinajstić information content (AvgIpc) is 3.32. The van der Waals surface area contributed by atoms with Crippen LogP contribution in [0.3, 0.4) is 0 Å². The van der Waals surface area contributed by atoms with Crippen LogP contribution >= 0.6 is 11.3 Å². The van der Waals surface area contributed by atoms with Crippen molar-refractivity contribution in [3.63, 3.8) is 0 Å². The highest BCUT2D eigenvalue weighted by atomic mass is 32.1. The molecule has 1 fully saturated rings. The second-order valence-electron chi connectivity index (χ2n) is 8.56. The summed E-state index contributed by atoms with van der Waals surface area (Å²) in [6, 6.07) is 19.6. The third-order valence-electron chi connectivity index (χ3n) is 6.12. The molecule has 1 aliphatic heterocycles. The number of rotatable bonds is 5. The molecule has 1 aliphatic rings. The number of fused-ring (bicyclic) bond motifs is 1. The van der Waals surface area contributed by atoms with Gasteiger partial charge in [0, 0.05) is 18.8 Å². The first kappa shape index (κ1) is 21.4. The van der Waals surface area contributed by atoms with Gasteiger partial charge in [0.25, 0.3) is 5.56 Å². The van der Waals surface area contributed by atoms with Crippen molar-refractivity contribution in [1.29, 1.82) is 0 Å². The van der Waals surface area contributed by atoms with Crippen LogP contribution in [0.25, 0.3) is 10.2 Å². The first-order valence-corrected chi connectivity index (χ1v) is 12.1. The second kappa shape index (κ2) is 9.19. The highest BCUT2D eigenvalue weighted by molar-refractivity contribution is 7.17. The number of hydrogen-bond donors (Lipinski definition) is 1. The van der Waals surface area contributed by atoms with Crippen LogP contribution in [0.5, 0.6) is 0 Å². The SMILES string of the molecule is Cc1ccc(Cn2c(N3CCC[C@@H](C(=O)Nc4ccccc4)C3)nc3ccsc3c2=O)cc1. The molecule has 0 spiro atoms. The zero-order valence-corrected chi connectivity index (χ0v) is 19.3. The van der Waals surface area contributed by atoms with Crippen molar-refractivity contribution >= 4 is 39.1 Å². The molecule has 0 radical (unpaired) electrons. The Morgan fingerprint density at radius 3 is 2.70 bits per heavy atom. The summed E-state index contributed by atoms with van der Waals surface area (Å²) >= 11 is 1.42. The van der Waals surface area contributed by atoms with Crippen LogP contribution in [0.2, 0.25) is 0 Å². The van der Waals surface area contributed by atoms with E-state index in [4.69, 9.17) is 4.98 Å². The van der Waals surface area contributed by atoms with Crippen LogP contribution in [0, 0.1) is 12.8 Å². The number of thiophene rings is 1. The molecule has 1 amide bonds. The number of nitrogens with zero attached hydrogens (tertiary/aromatic N) is 3. The van der Waals surface area contributed by atoms with Crippen LogP contribution in [0.4, 0.5) is 11.6 Å². The number of aromatic nitrogens is 2. The molecule has 1 atom stereocenters. The Balaban J connectivity index is 1.45. The molecule has 0 bridgehead atoms. The van der Waals surface area contributed by atoms with Gasteiger partial charge in [-0.05, 0) is 48.9 Å². The lowest BCUT2D eigenvalue weighted by Crippen LogP contribution is -2.43. The lowest BCUT2D eigenvalue weighted by atomic mass is 9.97. The lowest BCUT2D eigenvalue weighted by Gasteiger charge is -2.34. The quantitative estimate of drug-likeness (QED) is 0.472. The first-order chi connectivity index (χ1) is 16.1. The van der Waals surface area contributed by atoms with Crippen molar-refractivity contribution in [3.05, 3.63) is 87.5 Å². The van der Waals surface area contributed by atoms with Gasteiger partial charge in [-0.3, -0.25) is 14.2 Å². The molecular formula is C26H26N4O2S. The van der Waals surface area contributed by atoms with Gasteiger partial charge in [0.05, 0.1) is 18.0 Å². The van der Waals surface area contributed by atoms with Gasteiger partial charge in [0.2, 0.25) is 11.9 Å². The molecule has 7 heteroatoms. The molecule has 4 aromatic rings. The van der Waals surface area contributed by atoms with E-state index in [0.29, 0.717) is 23.7 Å². The molecule has 6 nitrogen and oxygen atoms in total.